The Kier molecular flexibility index (Phi) is 5.27. The molecule has 0 fully saturated rings. The van der Waals surface area contributed by atoms with Gasteiger partial charge in [-0.1, -0.05) is 36.4 Å². The van der Waals surface area contributed by atoms with Gasteiger partial charge in [-0.25, -0.2) is 0 Å². The van der Waals surface area contributed by atoms with E-state index in [1.807, 2.05) is 48.5 Å². The Morgan fingerprint density at radius 2 is 1.82 bits per heavy atom. The summed E-state index contributed by atoms with van der Waals surface area (Å²) in [4.78, 5) is 27.0. The number of carbonyl (C=O) groups is 1. The molecule has 9 nitrogen and oxygen atoms in total. The van der Waals surface area contributed by atoms with Gasteiger partial charge >= 0.3 is 0 Å². The molecule has 1 N–H and O–H groups in total. The summed E-state index contributed by atoms with van der Waals surface area (Å²) in [7, 11) is 1.77. The minimum atomic E-state index is -0.623. The normalized spacial score (nSPS) is 15.1. The van der Waals surface area contributed by atoms with Crippen LogP contribution in [0.15, 0.2) is 89.2 Å². The fourth-order valence-electron chi connectivity index (χ4n) is 3.74. The van der Waals surface area contributed by atoms with Crippen molar-refractivity contribution in [3.63, 3.8) is 0 Å². The molecule has 0 saturated carbocycles. The average molecular weight is 459 g/mol. The van der Waals surface area contributed by atoms with E-state index in [1.165, 1.54) is 12.4 Å². The van der Waals surface area contributed by atoms with Crippen LogP contribution in [0.5, 0.6) is 0 Å². The van der Waals surface area contributed by atoms with Crippen molar-refractivity contribution in [2.24, 2.45) is 7.05 Å². The highest BCUT2D eigenvalue weighted by Gasteiger charge is 2.35. The standard InChI is InChI=1S/C23H18N6O3S/c1-27-14-24-26-23(27)33-20-12-11-15(13-19(20)29(31)32)21-25-18-10-6-5-9-17(18)22(30)28(21)16-7-3-2-4-8-16/h2-14,21,25H,1H3. The molecule has 0 radical (unpaired) electrons. The van der Waals surface area contributed by atoms with Gasteiger partial charge in [0.2, 0.25) is 0 Å². The highest BCUT2D eigenvalue weighted by Crippen LogP contribution is 2.40. The van der Waals surface area contributed by atoms with E-state index in [0.29, 0.717) is 32.6 Å². The molecule has 0 spiro atoms. The summed E-state index contributed by atoms with van der Waals surface area (Å²) in [6.07, 6.45) is 0.914. The van der Waals surface area contributed by atoms with Crippen molar-refractivity contribution in [3.05, 3.63) is 100 Å². The van der Waals surface area contributed by atoms with Crippen LogP contribution >= 0.6 is 11.8 Å². The first kappa shape index (κ1) is 20.7. The lowest BCUT2D eigenvalue weighted by molar-refractivity contribution is -0.387. The van der Waals surface area contributed by atoms with Crippen molar-refractivity contribution in [1.29, 1.82) is 0 Å². The highest BCUT2D eigenvalue weighted by atomic mass is 32.2. The van der Waals surface area contributed by atoms with Crippen LogP contribution in [0.25, 0.3) is 0 Å². The Morgan fingerprint density at radius 3 is 2.55 bits per heavy atom. The van der Waals surface area contributed by atoms with Gasteiger partial charge < -0.3 is 9.88 Å². The van der Waals surface area contributed by atoms with E-state index < -0.39 is 11.1 Å². The predicted molar refractivity (Wildman–Crippen MR) is 124 cm³/mol. The van der Waals surface area contributed by atoms with Gasteiger partial charge in [0.25, 0.3) is 11.6 Å². The number of fused-ring (bicyclic) bond motifs is 1. The fraction of sp³-hybridized carbons (Fsp3) is 0.0870. The molecule has 3 aromatic carbocycles. The van der Waals surface area contributed by atoms with Crippen molar-refractivity contribution in [2.45, 2.75) is 16.2 Å². The summed E-state index contributed by atoms with van der Waals surface area (Å²) in [5.74, 6) is -0.180. The van der Waals surface area contributed by atoms with E-state index >= 15 is 0 Å². The van der Waals surface area contributed by atoms with E-state index in [2.05, 4.69) is 15.5 Å². The first-order chi connectivity index (χ1) is 16.0. The maximum Gasteiger partial charge on any atom is 0.283 e. The van der Waals surface area contributed by atoms with E-state index in [4.69, 9.17) is 0 Å². The molecule has 10 heteroatoms. The highest BCUT2D eigenvalue weighted by molar-refractivity contribution is 7.99. The number of aryl methyl sites for hydroxylation is 1. The van der Waals surface area contributed by atoms with Crippen LogP contribution < -0.4 is 10.2 Å². The van der Waals surface area contributed by atoms with Crippen molar-refractivity contribution in [3.8, 4) is 0 Å². The average Bonchev–Trinajstić information content (AvgIpc) is 3.24. The molecule has 1 aliphatic heterocycles. The number of nitrogens with zero attached hydrogens (tertiary/aromatic N) is 5. The maximum atomic E-state index is 13.5. The lowest BCUT2D eigenvalue weighted by atomic mass is 10.0. The molecule has 2 heterocycles. The first-order valence-electron chi connectivity index (χ1n) is 10.1. The number of hydrogen-bond donors (Lipinski definition) is 1. The van der Waals surface area contributed by atoms with Crippen LogP contribution in [-0.4, -0.2) is 25.6 Å². The van der Waals surface area contributed by atoms with E-state index in [9.17, 15) is 14.9 Å². The molecule has 4 aromatic rings. The number of nitro groups is 1. The maximum absolute atomic E-state index is 13.5. The SMILES string of the molecule is Cn1cnnc1Sc1ccc(C2Nc3ccccc3C(=O)N2c2ccccc2)cc1[N+](=O)[O-]. The van der Waals surface area contributed by atoms with Crippen LogP contribution in [-0.2, 0) is 7.05 Å². The minimum Gasteiger partial charge on any atom is -0.360 e. The zero-order valence-electron chi connectivity index (χ0n) is 17.5. The van der Waals surface area contributed by atoms with E-state index in [1.54, 1.807) is 34.7 Å². The van der Waals surface area contributed by atoms with E-state index in [0.717, 1.165) is 11.8 Å². The largest absolute Gasteiger partial charge is 0.360 e. The van der Waals surface area contributed by atoms with Gasteiger partial charge in [0.05, 0.1) is 15.4 Å². The molecule has 1 amide bonds. The second-order valence-corrected chi connectivity index (χ2v) is 8.42. The van der Waals surface area contributed by atoms with Gasteiger partial charge in [-0.05, 0) is 42.1 Å². The summed E-state index contributed by atoms with van der Waals surface area (Å²) < 4.78 is 1.69. The third-order valence-electron chi connectivity index (χ3n) is 5.33. The van der Waals surface area contributed by atoms with Gasteiger partial charge in [0, 0.05) is 30.1 Å². The van der Waals surface area contributed by atoms with Gasteiger partial charge in [-0.2, -0.15) is 0 Å². The minimum absolute atomic E-state index is 0.0679. The lowest BCUT2D eigenvalue weighted by Gasteiger charge is -2.38. The smallest absolute Gasteiger partial charge is 0.283 e. The summed E-state index contributed by atoms with van der Waals surface area (Å²) >= 11 is 1.16. The Bertz CT molecular complexity index is 1360. The molecule has 1 aromatic heterocycles. The third kappa shape index (κ3) is 3.80. The van der Waals surface area contributed by atoms with Crippen LogP contribution in [0.3, 0.4) is 0 Å². The predicted octanol–water partition coefficient (Wildman–Crippen LogP) is 4.65. The number of rotatable bonds is 5. The Labute approximate surface area is 193 Å². The molecule has 5 rings (SSSR count). The molecule has 1 unspecified atom stereocenters. The molecule has 164 valence electrons. The number of anilines is 2. The number of carbonyl (C=O) groups excluding carboxylic acids is 1. The lowest BCUT2D eigenvalue weighted by Crippen LogP contribution is -2.43. The van der Waals surface area contributed by atoms with Crippen LogP contribution in [0.1, 0.15) is 22.1 Å². The van der Waals surface area contributed by atoms with Gasteiger partial charge in [-0.3, -0.25) is 19.8 Å². The number of hydrogen-bond acceptors (Lipinski definition) is 7. The number of nitro benzene ring substituents is 1. The summed E-state index contributed by atoms with van der Waals surface area (Å²) in [6.45, 7) is 0. The molecular formula is C23H18N6O3S. The van der Waals surface area contributed by atoms with Gasteiger partial charge in [-0.15, -0.1) is 10.2 Å². The number of nitrogens with one attached hydrogen (secondary N) is 1. The first-order valence-corrected chi connectivity index (χ1v) is 10.9. The van der Waals surface area contributed by atoms with Gasteiger partial charge in [0.1, 0.15) is 12.5 Å². The number of amides is 1. The van der Waals surface area contributed by atoms with Crippen molar-refractivity contribution < 1.29 is 9.72 Å². The Hall–Kier alpha value is -4.18. The Balaban J connectivity index is 1.60. The molecule has 0 bridgehead atoms. The Morgan fingerprint density at radius 1 is 1.06 bits per heavy atom. The topological polar surface area (TPSA) is 106 Å². The van der Waals surface area contributed by atoms with Crippen molar-refractivity contribution in [1.82, 2.24) is 14.8 Å². The third-order valence-corrected chi connectivity index (χ3v) is 6.44. The number of aromatic nitrogens is 3. The molecule has 1 atom stereocenters. The molecule has 0 aliphatic carbocycles. The summed E-state index contributed by atoms with van der Waals surface area (Å²) in [6, 6.07) is 21.5. The fourth-order valence-corrected chi connectivity index (χ4v) is 4.59. The quantitative estimate of drug-likeness (QED) is 0.343. The van der Waals surface area contributed by atoms with Crippen LogP contribution in [0.4, 0.5) is 17.1 Å². The summed E-state index contributed by atoms with van der Waals surface area (Å²) in [5, 5.41) is 23.7. The zero-order chi connectivity index (χ0) is 22.9. The van der Waals surface area contributed by atoms with Crippen molar-refractivity contribution in [2.75, 3.05) is 10.2 Å². The summed E-state index contributed by atoms with van der Waals surface area (Å²) in [5.41, 5.74) is 2.44. The number of para-hydroxylation sites is 2. The monoisotopic (exact) mass is 458 g/mol. The second-order valence-electron chi connectivity index (χ2n) is 7.41. The second kappa shape index (κ2) is 8.40. The van der Waals surface area contributed by atoms with E-state index in [-0.39, 0.29) is 11.6 Å². The molecule has 1 aliphatic rings. The van der Waals surface area contributed by atoms with Crippen LogP contribution in [0.2, 0.25) is 0 Å². The van der Waals surface area contributed by atoms with Gasteiger partial charge in [0.15, 0.2) is 5.16 Å². The van der Waals surface area contributed by atoms with Crippen LogP contribution in [0, 0.1) is 10.1 Å². The molecule has 0 saturated heterocycles. The zero-order valence-corrected chi connectivity index (χ0v) is 18.3. The number of benzene rings is 3. The molecule has 33 heavy (non-hydrogen) atoms. The molecular weight excluding hydrogens is 440 g/mol. The van der Waals surface area contributed by atoms with Crippen molar-refractivity contribution >= 4 is 34.7 Å².